The second-order valence-electron chi connectivity index (χ2n) is 17.2. The van der Waals surface area contributed by atoms with Crippen LogP contribution in [0.15, 0.2) is 211 Å². The molecule has 0 saturated heterocycles. The molecule has 2 atom stereocenters. The summed E-state index contributed by atoms with van der Waals surface area (Å²) in [4.78, 5) is 16.3. The Morgan fingerprint density at radius 2 is 1.08 bits per heavy atom. The Labute approximate surface area is 447 Å². The highest BCUT2D eigenvalue weighted by molar-refractivity contribution is 8.16. The van der Waals surface area contributed by atoms with Gasteiger partial charge in [-0.05, 0) is 155 Å². The SMILES string of the molecule is O=C(O)Cc1ccc(SC2=C(/C=C/c3cc(-c4ccccc4)[s+]c(-c4ccc(S(=O)(=O)O)cc4)c3)C3CCC(C3)/C2=C\C=C2C=C(c3ccc(S(=O)(=O)O)cc3)SC(c3ccc(S(=O)(=O)O)cc3)=C2)cc1.O=S(=O)=O. The molecule has 4 N–H and O–H groups in total. The first-order valence-electron chi connectivity index (χ1n) is 22.6. The van der Waals surface area contributed by atoms with Crippen molar-refractivity contribution in [3.05, 3.63) is 214 Å². The smallest absolute Gasteiger partial charge is 0.425 e. The standard InChI is InChI=1S/C54H42O11S6.O3S/c55-53(56)32-34-6-18-43(19-7-34)66-54-47(26-8-35-28-49(37-4-2-1-3-5-37)67-50(29-35)38-12-20-44(21-13-38)69(57,58)59)41-10-11-42(33-41)48(54)27-9-36-30-51(39-14-22-45(23-15-39)70(60,61)62)68-52(31-36)40-16-24-46(25-17-40)71(63,64)65;1-4(2)3/h1-9,12-31,41-42H,10-11,32-33H2,(H3-,55,56,57,58,59,60,61,62,63,64,65);/p+1. The van der Waals surface area contributed by atoms with E-state index in [0.717, 1.165) is 82.0 Å². The molecule has 1 aliphatic heterocycles. The maximum absolute atomic E-state index is 11.9. The van der Waals surface area contributed by atoms with Gasteiger partial charge in [0.1, 0.15) is 0 Å². The van der Waals surface area contributed by atoms with E-state index in [9.17, 15) is 48.8 Å². The number of carbonyl (C=O) groups is 1. The van der Waals surface area contributed by atoms with Crippen LogP contribution in [-0.4, -0.2) is 62.6 Å². The van der Waals surface area contributed by atoms with Crippen LogP contribution >= 0.6 is 34.9 Å². The minimum absolute atomic E-state index is 0.0985. The predicted octanol–water partition coefficient (Wildman–Crippen LogP) is 11.9. The normalized spacial score (nSPS) is 17.3. The molecule has 75 heavy (non-hydrogen) atoms. The summed E-state index contributed by atoms with van der Waals surface area (Å²) in [5.74, 6) is -0.434. The Morgan fingerprint density at radius 1 is 0.613 bits per heavy atom. The fraction of sp³-hybridized carbons (Fsp3) is 0.111. The second kappa shape index (κ2) is 23.3. The summed E-state index contributed by atoms with van der Waals surface area (Å²) in [6.45, 7) is 0. The van der Waals surface area contributed by atoms with E-state index in [1.807, 2.05) is 72.8 Å². The molecule has 1 saturated carbocycles. The summed E-state index contributed by atoms with van der Waals surface area (Å²) < 4.78 is 126. The molecule has 1 fully saturated rings. The maximum Gasteiger partial charge on any atom is 0.425 e. The zero-order valence-electron chi connectivity index (χ0n) is 39.0. The molecule has 0 radical (unpaired) electrons. The number of rotatable bonds is 14. The van der Waals surface area contributed by atoms with Gasteiger partial charge in [0.25, 0.3) is 30.4 Å². The van der Waals surface area contributed by atoms with E-state index in [0.29, 0.717) is 16.7 Å². The highest BCUT2D eigenvalue weighted by Crippen LogP contribution is 2.54. The van der Waals surface area contributed by atoms with Gasteiger partial charge in [0.2, 0.25) is 21.1 Å². The third kappa shape index (κ3) is 14.3. The molecule has 9 rings (SSSR count). The molecule has 0 amide bonds. The van der Waals surface area contributed by atoms with Crippen LogP contribution < -0.4 is 0 Å². The van der Waals surface area contributed by atoms with Gasteiger partial charge >= 0.3 is 16.6 Å². The van der Waals surface area contributed by atoms with Gasteiger partial charge in [0, 0.05) is 42.9 Å². The lowest BCUT2D eigenvalue weighted by molar-refractivity contribution is -0.136. The van der Waals surface area contributed by atoms with Gasteiger partial charge in [-0.3, -0.25) is 18.5 Å². The quantitative estimate of drug-likeness (QED) is 0.0584. The molecule has 21 heteroatoms. The number of carboxylic acids is 1. The van der Waals surface area contributed by atoms with Crippen molar-refractivity contribution < 1.29 is 61.4 Å². The summed E-state index contributed by atoms with van der Waals surface area (Å²) in [6.07, 6.45) is 15.2. The minimum Gasteiger partial charge on any atom is -0.481 e. The van der Waals surface area contributed by atoms with Crippen LogP contribution in [0.2, 0.25) is 0 Å². The molecule has 14 nitrogen and oxygen atoms in total. The number of aliphatic carboxylic acids is 1. The molecular weight excluding hydrogens is 1100 g/mol. The topological polar surface area (TPSA) is 252 Å². The van der Waals surface area contributed by atoms with Crippen LogP contribution in [-0.2, 0) is 52.2 Å². The number of thioether (sulfide) groups is 2. The molecule has 384 valence electrons. The monoisotopic (exact) mass is 1140 g/mol. The first kappa shape index (κ1) is 54.9. The first-order valence-corrected chi connectivity index (χ1v) is 30.3. The Morgan fingerprint density at radius 3 is 1.56 bits per heavy atom. The van der Waals surface area contributed by atoms with Crippen molar-refractivity contribution in [3.63, 3.8) is 0 Å². The molecule has 2 aliphatic carbocycles. The van der Waals surface area contributed by atoms with Crippen LogP contribution in [0.1, 0.15) is 41.5 Å². The second-order valence-corrected chi connectivity index (χ2v) is 25.2. The van der Waals surface area contributed by atoms with Gasteiger partial charge in [-0.1, -0.05) is 102 Å². The predicted molar refractivity (Wildman–Crippen MR) is 292 cm³/mol. The third-order valence-electron chi connectivity index (χ3n) is 12.2. The average molecular weight is 1140 g/mol. The number of hydrogen-bond donors (Lipinski definition) is 4. The van der Waals surface area contributed by atoms with Gasteiger partial charge in [-0.25, -0.2) is 0 Å². The number of fused-ring (bicyclic) bond motifs is 2. The van der Waals surface area contributed by atoms with Crippen LogP contribution in [0, 0.1) is 11.8 Å². The van der Waals surface area contributed by atoms with Crippen molar-refractivity contribution in [2.75, 3.05) is 0 Å². The lowest BCUT2D eigenvalue weighted by atomic mass is 9.84. The van der Waals surface area contributed by atoms with Crippen molar-refractivity contribution in [2.24, 2.45) is 11.8 Å². The Kier molecular flexibility index (Phi) is 17.0. The lowest BCUT2D eigenvalue weighted by Crippen LogP contribution is -2.12. The molecule has 3 aliphatic rings. The summed E-state index contributed by atoms with van der Waals surface area (Å²) in [5, 5.41) is 9.46. The van der Waals surface area contributed by atoms with Gasteiger partial charge in [-0.2, -0.15) is 25.3 Å². The van der Waals surface area contributed by atoms with Crippen molar-refractivity contribution in [3.8, 4) is 20.9 Å². The number of carboxylic acid groups (broad SMARTS) is 1. The number of benzene rings is 5. The minimum atomic E-state index is -4.43. The van der Waals surface area contributed by atoms with E-state index in [2.05, 4.69) is 30.4 Å². The van der Waals surface area contributed by atoms with Crippen LogP contribution in [0.25, 0.3) is 36.8 Å². The van der Waals surface area contributed by atoms with Gasteiger partial charge < -0.3 is 5.11 Å². The Hall–Kier alpha value is -6.37. The molecular formula is C54H43O14S7+. The van der Waals surface area contributed by atoms with E-state index < -0.39 is 46.9 Å². The molecule has 2 heterocycles. The molecule has 2 bridgehead atoms. The summed E-state index contributed by atoms with van der Waals surface area (Å²) >= 11 is 4.59. The van der Waals surface area contributed by atoms with Crippen LogP contribution in [0.5, 0.6) is 0 Å². The van der Waals surface area contributed by atoms with Crippen molar-refractivity contribution >= 4 is 97.7 Å². The first-order chi connectivity index (χ1) is 35.6. The van der Waals surface area contributed by atoms with Crippen molar-refractivity contribution in [2.45, 2.75) is 45.3 Å². The lowest BCUT2D eigenvalue weighted by Gasteiger charge is -2.28. The Balaban J connectivity index is 0.00000180. The summed E-state index contributed by atoms with van der Waals surface area (Å²) in [6, 6.07) is 39.6. The number of allylic oxidation sites excluding steroid dienone is 8. The molecule has 6 aromatic rings. The van der Waals surface area contributed by atoms with Gasteiger partial charge in [0.15, 0.2) is 0 Å². The van der Waals surface area contributed by atoms with E-state index in [1.165, 1.54) is 48.2 Å². The van der Waals surface area contributed by atoms with E-state index in [4.69, 9.17) is 12.6 Å². The highest BCUT2D eigenvalue weighted by atomic mass is 32.2. The largest absolute Gasteiger partial charge is 0.481 e. The van der Waals surface area contributed by atoms with Gasteiger partial charge in [0.05, 0.1) is 21.1 Å². The third-order valence-corrected chi connectivity index (χ3v) is 18.3. The molecule has 1 aromatic heterocycles. The zero-order chi connectivity index (χ0) is 53.7. The highest BCUT2D eigenvalue weighted by Gasteiger charge is 2.37. The van der Waals surface area contributed by atoms with Crippen LogP contribution in [0.3, 0.4) is 0 Å². The van der Waals surface area contributed by atoms with Crippen LogP contribution in [0.4, 0.5) is 0 Å². The zero-order valence-corrected chi connectivity index (χ0v) is 44.7. The maximum atomic E-state index is 11.9. The van der Waals surface area contributed by atoms with E-state index >= 15 is 0 Å². The molecule has 5 aromatic carbocycles. The van der Waals surface area contributed by atoms with E-state index in [-0.39, 0.29) is 32.9 Å². The summed E-state index contributed by atoms with van der Waals surface area (Å²) in [5.41, 5.74) is 7.85. The average Bonchev–Trinajstić information content (AvgIpc) is 3.81. The fourth-order valence-corrected chi connectivity index (χ4v) is 13.7. The van der Waals surface area contributed by atoms with Crippen molar-refractivity contribution in [1.29, 1.82) is 0 Å². The van der Waals surface area contributed by atoms with E-state index in [1.54, 1.807) is 59.5 Å². The number of hydrogen-bond acceptors (Lipinski definition) is 12. The molecule has 2 unspecified atom stereocenters. The molecule has 0 spiro atoms. The van der Waals surface area contributed by atoms with Gasteiger partial charge in [-0.15, -0.1) is 12.6 Å². The Bertz CT molecular complexity index is 3750. The summed E-state index contributed by atoms with van der Waals surface area (Å²) in [7, 11) is -16.4. The fourth-order valence-electron chi connectivity index (χ4n) is 8.75. The van der Waals surface area contributed by atoms with Crippen molar-refractivity contribution in [1.82, 2.24) is 0 Å².